The molecule has 3 heterocycles. The van der Waals surface area contributed by atoms with Gasteiger partial charge in [-0.1, -0.05) is 11.6 Å². The molecule has 5 rings (SSSR count). The number of anilines is 3. The van der Waals surface area contributed by atoms with Crippen LogP contribution in [0.3, 0.4) is 0 Å². The third-order valence-electron chi connectivity index (χ3n) is 6.81. The van der Waals surface area contributed by atoms with Crippen molar-refractivity contribution in [2.75, 3.05) is 16.0 Å². The summed E-state index contributed by atoms with van der Waals surface area (Å²) >= 11 is 5.95. The number of nitrogens with one attached hydrogen (secondary N) is 4. The normalized spacial score (nSPS) is 19.7. The van der Waals surface area contributed by atoms with Gasteiger partial charge in [-0.2, -0.15) is 0 Å². The van der Waals surface area contributed by atoms with Gasteiger partial charge in [-0.15, -0.1) is 5.10 Å². The number of amides is 3. The lowest BCUT2D eigenvalue weighted by Crippen LogP contribution is -2.48. The minimum Gasteiger partial charge on any atom is -0.379 e. The van der Waals surface area contributed by atoms with E-state index >= 15 is 0 Å². The molecule has 0 bridgehead atoms. The number of carbonyl (C=O) groups excluding carboxylic acids is 3. The summed E-state index contributed by atoms with van der Waals surface area (Å²) in [5.41, 5.74) is 13.0. The van der Waals surface area contributed by atoms with Crippen LogP contribution in [0.15, 0.2) is 30.6 Å². The molecule has 0 unspecified atom stereocenters. The van der Waals surface area contributed by atoms with Crippen molar-refractivity contribution < 1.29 is 14.4 Å². The zero-order valence-corrected chi connectivity index (χ0v) is 21.9. The minimum atomic E-state index is -0.941. The van der Waals surface area contributed by atoms with Gasteiger partial charge in [-0.05, 0) is 50.7 Å². The van der Waals surface area contributed by atoms with E-state index in [4.69, 9.17) is 23.1 Å². The SMILES string of the molecule is NC(=O)C[C@H](N)C(=O)N[C@H]1CC[C@H](Nc2cc(NC3CC3)c3ncc(C(=O)Nc4ccnc(Cl)c4)n3n2)CC1. The number of halogens is 1. The molecular formula is C25H31ClN10O3. The molecule has 0 spiro atoms. The van der Waals surface area contributed by atoms with E-state index in [-0.39, 0.29) is 41.2 Å². The lowest BCUT2D eigenvalue weighted by Gasteiger charge is -2.30. The summed E-state index contributed by atoms with van der Waals surface area (Å²) in [5.74, 6) is -0.739. The molecule has 0 radical (unpaired) electrons. The third-order valence-corrected chi connectivity index (χ3v) is 7.01. The molecule has 206 valence electrons. The topological polar surface area (TPSA) is 194 Å². The number of carbonyl (C=O) groups is 3. The first-order valence-electron chi connectivity index (χ1n) is 12.9. The molecule has 3 aromatic heterocycles. The maximum Gasteiger partial charge on any atom is 0.276 e. The molecule has 8 N–H and O–H groups in total. The Morgan fingerprint density at radius 2 is 1.72 bits per heavy atom. The second-order valence-corrected chi connectivity index (χ2v) is 10.4. The van der Waals surface area contributed by atoms with Gasteiger partial charge in [0.05, 0.1) is 24.3 Å². The highest BCUT2D eigenvalue weighted by Crippen LogP contribution is 2.30. The van der Waals surface area contributed by atoms with Gasteiger partial charge in [-0.3, -0.25) is 14.4 Å². The molecule has 13 nitrogen and oxygen atoms in total. The van der Waals surface area contributed by atoms with Gasteiger partial charge in [-0.25, -0.2) is 14.5 Å². The van der Waals surface area contributed by atoms with Gasteiger partial charge in [0.15, 0.2) is 11.3 Å². The number of fused-ring (bicyclic) bond motifs is 1. The molecule has 0 aliphatic heterocycles. The van der Waals surface area contributed by atoms with Gasteiger partial charge in [0, 0.05) is 36.1 Å². The van der Waals surface area contributed by atoms with E-state index in [1.54, 1.807) is 12.1 Å². The van der Waals surface area contributed by atoms with Crippen LogP contribution in [0.25, 0.3) is 5.65 Å². The lowest BCUT2D eigenvalue weighted by molar-refractivity contribution is -0.127. The largest absolute Gasteiger partial charge is 0.379 e. The van der Waals surface area contributed by atoms with Crippen molar-refractivity contribution in [3.05, 3.63) is 41.4 Å². The Labute approximate surface area is 229 Å². The Balaban J connectivity index is 1.28. The van der Waals surface area contributed by atoms with Crippen LogP contribution >= 0.6 is 11.6 Å². The summed E-state index contributed by atoms with van der Waals surface area (Å²) in [5, 5.41) is 17.7. The molecule has 3 aromatic rings. The van der Waals surface area contributed by atoms with Crippen molar-refractivity contribution >= 4 is 52.2 Å². The number of primary amides is 1. The van der Waals surface area contributed by atoms with Crippen LogP contribution in [0.4, 0.5) is 17.2 Å². The summed E-state index contributed by atoms with van der Waals surface area (Å²) in [6, 6.07) is 4.66. The number of rotatable bonds is 10. The Kier molecular flexibility index (Phi) is 7.79. The van der Waals surface area contributed by atoms with Crippen LogP contribution < -0.4 is 32.7 Å². The fourth-order valence-corrected chi connectivity index (χ4v) is 4.81. The highest BCUT2D eigenvalue weighted by atomic mass is 35.5. The Bertz CT molecular complexity index is 1380. The van der Waals surface area contributed by atoms with Gasteiger partial charge in [0.2, 0.25) is 11.8 Å². The maximum atomic E-state index is 13.1. The highest BCUT2D eigenvalue weighted by Gasteiger charge is 2.27. The zero-order chi connectivity index (χ0) is 27.5. The quantitative estimate of drug-likeness (QED) is 0.202. The fraction of sp³-hybridized carbons (Fsp3) is 0.440. The van der Waals surface area contributed by atoms with Crippen molar-refractivity contribution in [3.8, 4) is 0 Å². The van der Waals surface area contributed by atoms with Crippen LogP contribution in [0, 0.1) is 0 Å². The lowest BCUT2D eigenvalue weighted by atomic mass is 9.91. The summed E-state index contributed by atoms with van der Waals surface area (Å²) in [4.78, 5) is 44.8. The molecule has 2 aliphatic carbocycles. The van der Waals surface area contributed by atoms with E-state index < -0.39 is 11.9 Å². The van der Waals surface area contributed by atoms with E-state index in [2.05, 4.69) is 36.3 Å². The number of imidazole rings is 1. The monoisotopic (exact) mass is 554 g/mol. The second-order valence-electron chi connectivity index (χ2n) is 10.0. The van der Waals surface area contributed by atoms with Crippen molar-refractivity contribution in [3.63, 3.8) is 0 Å². The van der Waals surface area contributed by atoms with Gasteiger partial charge in [0.1, 0.15) is 11.0 Å². The number of aromatic nitrogens is 4. The molecule has 39 heavy (non-hydrogen) atoms. The predicted molar refractivity (Wildman–Crippen MR) is 146 cm³/mol. The Morgan fingerprint density at radius 1 is 1.03 bits per heavy atom. The van der Waals surface area contributed by atoms with E-state index in [9.17, 15) is 14.4 Å². The maximum absolute atomic E-state index is 13.1. The van der Waals surface area contributed by atoms with E-state index in [0.29, 0.717) is 23.2 Å². The molecule has 2 aliphatic rings. The highest BCUT2D eigenvalue weighted by molar-refractivity contribution is 6.29. The second kappa shape index (κ2) is 11.4. The number of hydrogen-bond acceptors (Lipinski definition) is 9. The van der Waals surface area contributed by atoms with Crippen molar-refractivity contribution in [2.45, 2.75) is 69.1 Å². The zero-order valence-electron chi connectivity index (χ0n) is 21.2. The molecule has 2 fully saturated rings. The minimum absolute atomic E-state index is 0.0253. The van der Waals surface area contributed by atoms with Gasteiger partial charge in [0.25, 0.3) is 5.91 Å². The fourth-order valence-electron chi connectivity index (χ4n) is 4.63. The first-order valence-corrected chi connectivity index (χ1v) is 13.3. The van der Waals surface area contributed by atoms with Crippen LogP contribution in [0.1, 0.15) is 55.4 Å². The molecule has 14 heteroatoms. The van der Waals surface area contributed by atoms with Crippen molar-refractivity contribution in [1.29, 1.82) is 0 Å². The molecule has 2 saturated carbocycles. The van der Waals surface area contributed by atoms with Crippen LogP contribution in [0.5, 0.6) is 0 Å². The number of nitrogens with two attached hydrogens (primary N) is 2. The third kappa shape index (κ3) is 6.73. The van der Waals surface area contributed by atoms with Crippen molar-refractivity contribution in [1.82, 2.24) is 24.9 Å². The van der Waals surface area contributed by atoms with Gasteiger partial charge >= 0.3 is 0 Å². The Hall–Kier alpha value is -3.97. The number of hydrogen-bond donors (Lipinski definition) is 6. The predicted octanol–water partition coefficient (Wildman–Crippen LogP) is 1.65. The number of pyridine rings is 1. The average Bonchev–Trinajstić information content (AvgIpc) is 3.60. The van der Waals surface area contributed by atoms with Gasteiger partial charge < -0.3 is 32.7 Å². The molecule has 0 aromatic carbocycles. The molecule has 0 saturated heterocycles. The first-order chi connectivity index (χ1) is 18.7. The van der Waals surface area contributed by atoms with Crippen LogP contribution in [-0.2, 0) is 9.59 Å². The molecular weight excluding hydrogens is 524 g/mol. The summed E-state index contributed by atoms with van der Waals surface area (Å²) < 4.78 is 1.54. The molecule has 1 atom stereocenters. The van der Waals surface area contributed by atoms with Crippen molar-refractivity contribution in [2.24, 2.45) is 11.5 Å². The molecule has 3 amide bonds. The summed E-state index contributed by atoms with van der Waals surface area (Å²) in [7, 11) is 0. The smallest absolute Gasteiger partial charge is 0.276 e. The first kappa shape index (κ1) is 26.6. The summed E-state index contributed by atoms with van der Waals surface area (Å²) in [6.45, 7) is 0. The van der Waals surface area contributed by atoms with E-state index in [1.807, 2.05) is 6.07 Å². The van der Waals surface area contributed by atoms with Crippen LogP contribution in [-0.4, -0.2) is 61.5 Å². The summed E-state index contributed by atoms with van der Waals surface area (Å²) in [6.07, 6.45) is 8.06. The van der Waals surface area contributed by atoms with E-state index in [0.717, 1.165) is 44.2 Å². The van der Waals surface area contributed by atoms with Crippen LogP contribution in [0.2, 0.25) is 5.15 Å². The standard InChI is InChI=1S/C25H31ClN10O3/c26-20-9-16(7-8-29-20)34-25(39)19-12-30-23-18(31-13-1-2-13)11-22(35-36(19)23)32-14-3-5-15(6-4-14)33-24(38)17(27)10-21(28)37/h7-9,11-15,17,31H,1-6,10,27H2,(H2,28,37)(H,32,35)(H,33,38)(H,29,34,39)/t14-,15-,17-/m0/s1. The van der Waals surface area contributed by atoms with E-state index in [1.165, 1.54) is 16.9 Å². The number of nitrogens with zero attached hydrogens (tertiary/aromatic N) is 4. The Morgan fingerprint density at radius 3 is 2.41 bits per heavy atom. The average molecular weight is 555 g/mol.